The maximum Gasteiger partial charge on any atom is 0.261 e. The molecule has 2 rings (SSSR count). The molecule has 0 bridgehead atoms. The van der Waals surface area contributed by atoms with Gasteiger partial charge in [-0.2, -0.15) is 0 Å². The molecule has 0 aliphatic heterocycles. The van der Waals surface area contributed by atoms with Crippen LogP contribution in [0.2, 0.25) is 0 Å². The van der Waals surface area contributed by atoms with Crippen molar-refractivity contribution in [2.45, 2.75) is 6.54 Å². The second-order valence-electron chi connectivity index (χ2n) is 4.15. The van der Waals surface area contributed by atoms with Gasteiger partial charge in [0.25, 0.3) is 5.91 Å². The number of ether oxygens (including phenoxy) is 1. The highest BCUT2D eigenvalue weighted by atomic mass is 32.1. The minimum atomic E-state index is -0.254. The minimum Gasteiger partial charge on any atom is -0.481 e. The van der Waals surface area contributed by atoms with Gasteiger partial charge >= 0.3 is 0 Å². The van der Waals surface area contributed by atoms with Crippen LogP contribution in [-0.4, -0.2) is 30.5 Å². The van der Waals surface area contributed by atoms with Gasteiger partial charge in [0.15, 0.2) is 0 Å². The molecule has 2 heterocycles. The van der Waals surface area contributed by atoms with Gasteiger partial charge in [0.1, 0.15) is 0 Å². The van der Waals surface area contributed by atoms with Crippen LogP contribution in [0.4, 0.5) is 0 Å². The van der Waals surface area contributed by atoms with Crippen LogP contribution >= 0.6 is 11.3 Å². The summed E-state index contributed by atoms with van der Waals surface area (Å²) in [7, 11) is 1.54. The number of rotatable bonds is 6. The summed E-state index contributed by atoms with van der Waals surface area (Å²) in [6.45, 7) is 0.297. The van der Waals surface area contributed by atoms with E-state index in [-0.39, 0.29) is 18.4 Å². The molecular weight excluding hydrogens is 290 g/mol. The lowest BCUT2D eigenvalue weighted by molar-refractivity contribution is -0.120. The standard InChI is InChI=1S/C14H15N3O3S/c1-20-13-5-4-10(8-16-13)7-15-12(18)9-17-14(19)11-3-2-6-21-11/h2-6,8H,7,9H2,1H3,(H,15,18)(H,17,19). The second-order valence-corrected chi connectivity index (χ2v) is 5.09. The Balaban J connectivity index is 1.73. The zero-order valence-corrected chi connectivity index (χ0v) is 12.3. The van der Waals surface area contributed by atoms with Crippen LogP contribution in [0.15, 0.2) is 35.8 Å². The van der Waals surface area contributed by atoms with Gasteiger partial charge in [0.05, 0.1) is 18.5 Å². The van der Waals surface area contributed by atoms with E-state index in [9.17, 15) is 9.59 Å². The number of thiophene rings is 1. The molecule has 2 amide bonds. The number of nitrogens with one attached hydrogen (secondary N) is 2. The van der Waals surface area contributed by atoms with Crippen molar-refractivity contribution in [3.05, 3.63) is 46.3 Å². The quantitative estimate of drug-likeness (QED) is 0.840. The van der Waals surface area contributed by atoms with Crippen molar-refractivity contribution in [2.75, 3.05) is 13.7 Å². The molecule has 7 heteroatoms. The number of aromatic nitrogens is 1. The average molecular weight is 305 g/mol. The minimum absolute atomic E-state index is 0.0552. The van der Waals surface area contributed by atoms with E-state index in [1.54, 1.807) is 31.5 Å². The first-order valence-corrected chi connectivity index (χ1v) is 7.14. The summed E-state index contributed by atoms with van der Waals surface area (Å²) in [5, 5.41) is 7.08. The molecule has 2 aromatic rings. The van der Waals surface area contributed by atoms with Crippen LogP contribution < -0.4 is 15.4 Å². The van der Waals surface area contributed by atoms with Crippen molar-refractivity contribution in [3.8, 4) is 5.88 Å². The van der Waals surface area contributed by atoms with Gasteiger partial charge in [0, 0.05) is 18.8 Å². The van der Waals surface area contributed by atoms with E-state index in [0.717, 1.165) is 5.56 Å². The third-order valence-electron chi connectivity index (χ3n) is 2.65. The van der Waals surface area contributed by atoms with Gasteiger partial charge in [-0.25, -0.2) is 4.98 Å². The highest BCUT2D eigenvalue weighted by Crippen LogP contribution is 2.07. The van der Waals surface area contributed by atoms with Crippen LogP contribution in [0.25, 0.3) is 0 Å². The summed E-state index contributed by atoms with van der Waals surface area (Å²) in [4.78, 5) is 27.9. The number of carbonyl (C=O) groups is 2. The fraction of sp³-hybridized carbons (Fsp3) is 0.214. The van der Waals surface area contributed by atoms with Crippen LogP contribution in [0.3, 0.4) is 0 Å². The molecule has 2 N–H and O–H groups in total. The Morgan fingerprint density at radius 3 is 2.76 bits per heavy atom. The number of amides is 2. The number of pyridine rings is 1. The van der Waals surface area contributed by atoms with E-state index in [1.165, 1.54) is 11.3 Å². The van der Waals surface area contributed by atoms with Crippen molar-refractivity contribution < 1.29 is 14.3 Å². The summed E-state index contributed by atoms with van der Waals surface area (Å²) >= 11 is 1.33. The number of carbonyl (C=O) groups excluding carboxylic acids is 2. The topological polar surface area (TPSA) is 80.3 Å². The Bertz CT molecular complexity index is 596. The molecule has 0 spiro atoms. The van der Waals surface area contributed by atoms with Crippen molar-refractivity contribution in [1.29, 1.82) is 0 Å². The summed E-state index contributed by atoms with van der Waals surface area (Å²) in [5.41, 5.74) is 0.855. The van der Waals surface area contributed by atoms with Gasteiger partial charge in [-0.1, -0.05) is 12.1 Å². The van der Waals surface area contributed by atoms with E-state index >= 15 is 0 Å². The molecule has 0 unspecified atom stereocenters. The summed E-state index contributed by atoms with van der Waals surface area (Å²) < 4.78 is 4.95. The van der Waals surface area contributed by atoms with Crippen LogP contribution in [0.1, 0.15) is 15.2 Å². The number of methoxy groups -OCH3 is 1. The third-order valence-corrected chi connectivity index (χ3v) is 3.52. The van der Waals surface area contributed by atoms with Gasteiger partial charge in [-0.3, -0.25) is 9.59 Å². The number of hydrogen-bond donors (Lipinski definition) is 2. The number of hydrogen-bond acceptors (Lipinski definition) is 5. The first-order chi connectivity index (χ1) is 10.2. The predicted molar refractivity (Wildman–Crippen MR) is 79.3 cm³/mol. The van der Waals surface area contributed by atoms with Crippen LogP contribution in [0.5, 0.6) is 5.88 Å². The van der Waals surface area contributed by atoms with Gasteiger partial charge in [0.2, 0.25) is 11.8 Å². The third kappa shape index (κ3) is 4.57. The smallest absolute Gasteiger partial charge is 0.261 e. The Morgan fingerprint density at radius 1 is 1.29 bits per heavy atom. The molecule has 0 aliphatic carbocycles. The monoisotopic (exact) mass is 305 g/mol. The highest BCUT2D eigenvalue weighted by molar-refractivity contribution is 7.12. The fourth-order valence-corrected chi connectivity index (χ4v) is 2.19. The Hall–Kier alpha value is -2.41. The average Bonchev–Trinajstić information content (AvgIpc) is 3.05. The molecule has 0 fully saturated rings. The van der Waals surface area contributed by atoms with Crippen molar-refractivity contribution >= 4 is 23.2 Å². The second kappa shape index (κ2) is 7.39. The Kier molecular flexibility index (Phi) is 5.28. The van der Waals surface area contributed by atoms with Crippen molar-refractivity contribution in [2.24, 2.45) is 0 Å². The summed E-state index contributed by atoms with van der Waals surface area (Å²) in [5.74, 6) is 0.0234. The Morgan fingerprint density at radius 2 is 2.14 bits per heavy atom. The normalized spacial score (nSPS) is 9.95. The van der Waals surface area contributed by atoms with Gasteiger partial charge in [-0.15, -0.1) is 11.3 Å². The van der Waals surface area contributed by atoms with Gasteiger partial charge in [-0.05, 0) is 17.0 Å². The molecule has 0 aromatic carbocycles. The Labute approximate surface area is 126 Å². The summed E-state index contributed by atoms with van der Waals surface area (Å²) in [6, 6.07) is 7.04. The van der Waals surface area contributed by atoms with Crippen molar-refractivity contribution in [1.82, 2.24) is 15.6 Å². The largest absolute Gasteiger partial charge is 0.481 e. The highest BCUT2D eigenvalue weighted by Gasteiger charge is 2.08. The fourth-order valence-electron chi connectivity index (χ4n) is 1.55. The van der Waals surface area contributed by atoms with E-state index in [2.05, 4.69) is 15.6 Å². The predicted octanol–water partition coefficient (Wildman–Crippen LogP) is 1.20. The van der Waals surface area contributed by atoms with Crippen molar-refractivity contribution in [3.63, 3.8) is 0 Å². The van der Waals surface area contributed by atoms with Gasteiger partial charge < -0.3 is 15.4 Å². The lowest BCUT2D eigenvalue weighted by Crippen LogP contribution is -2.36. The lowest BCUT2D eigenvalue weighted by atomic mass is 10.3. The van der Waals surface area contributed by atoms with E-state index in [0.29, 0.717) is 17.3 Å². The molecule has 0 aliphatic rings. The molecule has 0 saturated heterocycles. The maximum absolute atomic E-state index is 11.7. The molecule has 110 valence electrons. The SMILES string of the molecule is COc1ccc(CNC(=O)CNC(=O)c2cccs2)cn1. The summed E-state index contributed by atoms with van der Waals surface area (Å²) in [6.07, 6.45) is 1.63. The van der Waals surface area contributed by atoms with E-state index < -0.39 is 0 Å². The first kappa shape index (κ1) is 15.0. The molecular formula is C14H15N3O3S. The molecule has 0 saturated carbocycles. The molecule has 6 nitrogen and oxygen atoms in total. The first-order valence-electron chi connectivity index (χ1n) is 6.26. The zero-order valence-electron chi connectivity index (χ0n) is 11.5. The molecule has 0 radical (unpaired) electrons. The van der Waals surface area contributed by atoms with E-state index in [4.69, 9.17) is 4.74 Å². The molecule has 2 aromatic heterocycles. The molecule has 21 heavy (non-hydrogen) atoms. The van der Waals surface area contributed by atoms with E-state index in [1.807, 2.05) is 11.4 Å². The van der Waals surface area contributed by atoms with Crippen LogP contribution in [0, 0.1) is 0 Å². The maximum atomic E-state index is 11.7. The molecule has 0 atom stereocenters. The lowest BCUT2D eigenvalue weighted by Gasteiger charge is -2.06. The van der Waals surface area contributed by atoms with Crippen LogP contribution in [-0.2, 0) is 11.3 Å². The number of nitrogens with zero attached hydrogens (tertiary/aromatic N) is 1. The zero-order chi connectivity index (χ0) is 15.1.